The molecule has 0 aromatic heterocycles. The fourth-order valence-electron chi connectivity index (χ4n) is 1.34. The smallest absolute Gasteiger partial charge is 0.328 e. The predicted molar refractivity (Wildman–Crippen MR) is 57.9 cm³/mol. The van der Waals surface area contributed by atoms with E-state index < -0.39 is 17.7 Å². The molecule has 1 aromatic carbocycles. The van der Waals surface area contributed by atoms with E-state index in [0.29, 0.717) is 5.75 Å². The number of nitrogens with zero attached hydrogens (tertiary/aromatic N) is 1. The number of methoxy groups -OCH3 is 1. The molecule has 1 rings (SSSR count). The Balaban J connectivity index is 3.05. The van der Waals surface area contributed by atoms with Crippen molar-refractivity contribution in [3.8, 4) is 11.8 Å². The number of halogens is 1. The lowest BCUT2D eigenvalue weighted by Gasteiger charge is -2.10. The topological polar surface area (TPSA) is 59.3 Å². The molecule has 17 heavy (non-hydrogen) atoms. The van der Waals surface area contributed by atoms with Crippen molar-refractivity contribution in [2.24, 2.45) is 0 Å². The summed E-state index contributed by atoms with van der Waals surface area (Å²) in [4.78, 5) is 11.4. The largest absolute Gasteiger partial charge is 0.497 e. The van der Waals surface area contributed by atoms with Crippen LogP contribution >= 0.6 is 0 Å². The fourth-order valence-corrected chi connectivity index (χ4v) is 1.34. The minimum absolute atomic E-state index is 0.00764. The van der Waals surface area contributed by atoms with Gasteiger partial charge in [-0.25, -0.2) is 4.39 Å². The molecule has 0 heterocycles. The Kier molecular flexibility index (Phi) is 4.46. The van der Waals surface area contributed by atoms with Crippen LogP contribution in [0.5, 0.6) is 5.75 Å². The van der Waals surface area contributed by atoms with Crippen molar-refractivity contribution in [1.29, 1.82) is 5.26 Å². The van der Waals surface area contributed by atoms with Gasteiger partial charge in [0.1, 0.15) is 11.6 Å². The van der Waals surface area contributed by atoms with Crippen LogP contribution in [0.15, 0.2) is 18.2 Å². The summed E-state index contributed by atoms with van der Waals surface area (Å²) in [5, 5.41) is 8.88. The van der Waals surface area contributed by atoms with Gasteiger partial charge in [-0.15, -0.1) is 0 Å². The molecular weight excluding hydrogens is 225 g/mol. The Morgan fingerprint density at radius 2 is 2.29 bits per heavy atom. The Hall–Kier alpha value is -2.09. The Bertz CT molecular complexity index is 454. The van der Waals surface area contributed by atoms with Gasteiger partial charge < -0.3 is 9.47 Å². The summed E-state index contributed by atoms with van der Waals surface area (Å²) >= 11 is 0. The van der Waals surface area contributed by atoms with Gasteiger partial charge in [-0.05, 0) is 13.0 Å². The molecule has 0 saturated carbocycles. The SMILES string of the molecule is CCOC(=O)C(C#N)c1ccc(OC)cc1F. The zero-order chi connectivity index (χ0) is 12.8. The van der Waals surface area contributed by atoms with Gasteiger partial charge in [0.25, 0.3) is 0 Å². The highest BCUT2D eigenvalue weighted by atomic mass is 19.1. The van der Waals surface area contributed by atoms with Crippen LogP contribution in [0.3, 0.4) is 0 Å². The summed E-state index contributed by atoms with van der Waals surface area (Å²) in [6.07, 6.45) is 0. The van der Waals surface area contributed by atoms with Crippen molar-refractivity contribution in [3.05, 3.63) is 29.6 Å². The summed E-state index contributed by atoms with van der Waals surface area (Å²) in [5.41, 5.74) is -0.00764. The van der Waals surface area contributed by atoms with E-state index in [1.807, 2.05) is 0 Å². The fraction of sp³-hybridized carbons (Fsp3) is 0.333. The van der Waals surface area contributed by atoms with Gasteiger partial charge in [-0.3, -0.25) is 4.79 Å². The van der Waals surface area contributed by atoms with Crippen LogP contribution in [-0.2, 0) is 9.53 Å². The van der Waals surface area contributed by atoms with Gasteiger partial charge in [0.2, 0.25) is 0 Å². The minimum Gasteiger partial charge on any atom is -0.497 e. The van der Waals surface area contributed by atoms with Crippen molar-refractivity contribution in [2.75, 3.05) is 13.7 Å². The van der Waals surface area contributed by atoms with Crippen LogP contribution in [0, 0.1) is 17.1 Å². The van der Waals surface area contributed by atoms with Gasteiger partial charge in [0.15, 0.2) is 5.92 Å². The number of nitriles is 1. The summed E-state index contributed by atoms with van der Waals surface area (Å²) in [6.45, 7) is 1.77. The molecule has 90 valence electrons. The Labute approximate surface area is 98.6 Å². The molecule has 0 aliphatic rings. The first-order valence-electron chi connectivity index (χ1n) is 5.03. The second kappa shape index (κ2) is 5.85. The van der Waals surface area contributed by atoms with Crippen LogP contribution in [0.1, 0.15) is 18.4 Å². The third-order valence-corrected chi connectivity index (χ3v) is 2.17. The van der Waals surface area contributed by atoms with E-state index >= 15 is 0 Å². The van der Waals surface area contributed by atoms with Crippen LogP contribution in [0.2, 0.25) is 0 Å². The number of hydrogen-bond donors (Lipinski definition) is 0. The Morgan fingerprint density at radius 3 is 2.76 bits per heavy atom. The van der Waals surface area contributed by atoms with Gasteiger partial charge in [0.05, 0.1) is 19.8 Å². The summed E-state index contributed by atoms with van der Waals surface area (Å²) in [7, 11) is 1.40. The lowest BCUT2D eigenvalue weighted by Crippen LogP contribution is -2.15. The third-order valence-electron chi connectivity index (χ3n) is 2.17. The molecule has 5 heteroatoms. The van der Waals surface area contributed by atoms with Crippen LogP contribution in [0.25, 0.3) is 0 Å². The molecule has 1 aromatic rings. The zero-order valence-electron chi connectivity index (χ0n) is 9.57. The van der Waals surface area contributed by atoms with Crippen molar-refractivity contribution in [2.45, 2.75) is 12.8 Å². The zero-order valence-corrected chi connectivity index (χ0v) is 9.57. The quantitative estimate of drug-likeness (QED) is 0.751. The average molecular weight is 237 g/mol. The van der Waals surface area contributed by atoms with Crippen LogP contribution in [0.4, 0.5) is 4.39 Å². The van der Waals surface area contributed by atoms with Gasteiger partial charge in [-0.1, -0.05) is 6.07 Å². The maximum Gasteiger partial charge on any atom is 0.328 e. The van der Waals surface area contributed by atoms with Gasteiger partial charge in [-0.2, -0.15) is 5.26 Å². The number of carbonyl (C=O) groups is 1. The lowest BCUT2D eigenvalue weighted by molar-refractivity contribution is -0.143. The summed E-state index contributed by atoms with van der Waals surface area (Å²) < 4.78 is 23.2. The highest BCUT2D eigenvalue weighted by molar-refractivity contribution is 5.81. The number of ether oxygens (including phenoxy) is 2. The Morgan fingerprint density at radius 1 is 1.59 bits per heavy atom. The second-order valence-electron chi connectivity index (χ2n) is 3.20. The molecule has 0 amide bonds. The molecule has 0 aliphatic heterocycles. The van der Waals surface area contributed by atoms with E-state index in [9.17, 15) is 9.18 Å². The van der Waals surface area contributed by atoms with Crippen LogP contribution in [-0.4, -0.2) is 19.7 Å². The minimum atomic E-state index is -1.25. The highest BCUT2D eigenvalue weighted by Crippen LogP contribution is 2.24. The first-order valence-corrected chi connectivity index (χ1v) is 5.03. The molecular formula is C12H12FNO3. The summed E-state index contributed by atoms with van der Waals surface area (Å²) in [5.74, 6) is -2.34. The second-order valence-corrected chi connectivity index (χ2v) is 3.20. The third kappa shape index (κ3) is 2.94. The first-order chi connectivity index (χ1) is 8.13. The maximum atomic E-state index is 13.6. The van der Waals surface area contributed by atoms with Crippen LogP contribution < -0.4 is 4.74 Å². The molecule has 0 radical (unpaired) electrons. The molecule has 0 aliphatic carbocycles. The van der Waals surface area contributed by atoms with E-state index in [-0.39, 0.29) is 12.2 Å². The number of hydrogen-bond acceptors (Lipinski definition) is 4. The molecule has 0 spiro atoms. The molecule has 1 unspecified atom stereocenters. The molecule has 4 nitrogen and oxygen atoms in total. The van der Waals surface area contributed by atoms with E-state index in [1.54, 1.807) is 13.0 Å². The van der Waals surface area contributed by atoms with E-state index in [1.165, 1.54) is 19.2 Å². The molecule has 0 N–H and O–H groups in total. The van der Waals surface area contributed by atoms with Gasteiger partial charge in [0, 0.05) is 11.6 Å². The maximum absolute atomic E-state index is 13.6. The van der Waals surface area contributed by atoms with Crippen molar-refractivity contribution >= 4 is 5.97 Å². The summed E-state index contributed by atoms with van der Waals surface area (Å²) in [6, 6.07) is 5.68. The lowest BCUT2D eigenvalue weighted by atomic mass is 10.00. The highest BCUT2D eigenvalue weighted by Gasteiger charge is 2.24. The normalized spacial score (nSPS) is 11.4. The van der Waals surface area contributed by atoms with E-state index in [2.05, 4.69) is 0 Å². The molecule has 0 fully saturated rings. The number of benzene rings is 1. The van der Waals surface area contributed by atoms with E-state index in [0.717, 1.165) is 6.07 Å². The van der Waals surface area contributed by atoms with Crippen molar-refractivity contribution in [3.63, 3.8) is 0 Å². The molecule has 0 bridgehead atoms. The predicted octanol–water partition coefficient (Wildman–Crippen LogP) is 2.00. The molecule has 0 saturated heterocycles. The van der Waals surface area contributed by atoms with Crippen molar-refractivity contribution in [1.82, 2.24) is 0 Å². The number of esters is 1. The standard InChI is InChI=1S/C12H12FNO3/c1-3-17-12(15)10(7-14)9-5-4-8(16-2)6-11(9)13/h4-6,10H,3H2,1-2H3. The number of carbonyl (C=O) groups excluding carboxylic acids is 1. The average Bonchev–Trinajstić information content (AvgIpc) is 2.32. The van der Waals surface area contributed by atoms with Crippen molar-refractivity contribution < 1.29 is 18.7 Å². The van der Waals surface area contributed by atoms with E-state index in [4.69, 9.17) is 14.7 Å². The first kappa shape index (κ1) is 13.0. The number of rotatable bonds is 4. The monoisotopic (exact) mass is 237 g/mol. The molecule has 1 atom stereocenters. The van der Waals surface area contributed by atoms with Gasteiger partial charge >= 0.3 is 5.97 Å².